The molecule has 1 aromatic rings. The van der Waals surface area contributed by atoms with Crippen LogP contribution in [0.5, 0.6) is 0 Å². The van der Waals surface area contributed by atoms with Crippen molar-refractivity contribution in [2.75, 3.05) is 6.54 Å². The molecule has 0 spiro atoms. The van der Waals surface area contributed by atoms with Gasteiger partial charge in [-0.25, -0.2) is 0 Å². The van der Waals surface area contributed by atoms with Crippen molar-refractivity contribution >= 4 is 12.4 Å². The van der Waals surface area contributed by atoms with Gasteiger partial charge in [-0.1, -0.05) is 0 Å². The van der Waals surface area contributed by atoms with Gasteiger partial charge in [-0.15, -0.1) is 12.4 Å². The Labute approximate surface area is 85.1 Å². The van der Waals surface area contributed by atoms with Crippen molar-refractivity contribution in [3.63, 3.8) is 0 Å². The van der Waals surface area contributed by atoms with E-state index in [1.54, 1.807) is 0 Å². The molecule has 1 aliphatic carbocycles. The third-order valence-electron chi connectivity index (χ3n) is 2.23. The van der Waals surface area contributed by atoms with Crippen LogP contribution in [0, 0.1) is 12.8 Å². The van der Waals surface area contributed by atoms with Crippen LogP contribution in [0.25, 0.3) is 0 Å². The third kappa shape index (κ3) is 3.41. The highest BCUT2D eigenvalue weighted by Gasteiger charge is 2.20. The summed E-state index contributed by atoms with van der Waals surface area (Å²) in [5, 5.41) is 3.38. The molecule has 0 bridgehead atoms. The van der Waals surface area contributed by atoms with E-state index in [1.807, 2.05) is 19.1 Å². The average molecular weight is 202 g/mol. The number of nitrogens with one attached hydrogen (secondary N) is 1. The molecule has 1 N–H and O–H groups in total. The molecule has 0 amide bonds. The summed E-state index contributed by atoms with van der Waals surface area (Å²) in [6.07, 6.45) is 2.81. The standard InChI is InChI=1S/C10H15NO.ClH/c1-8-2-5-10(12-8)7-11-6-9-3-4-9;/h2,5,9,11H,3-4,6-7H2,1H3;1H. The largest absolute Gasteiger partial charge is 0.465 e. The van der Waals surface area contributed by atoms with Gasteiger partial charge in [0, 0.05) is 0 Å². The van der Waals surface area contributed by atoms with Crippen LogP contribution in [0.4, 0.5) is 0 Å². The van der Waals surface area contributed by atoms with Crippen LogP contribution in [0.3, 0.4) is 0 Å². The minimum Gasteiger partial charge on any atom is -0.465 e. The van der Waals surface area contributed by atoms with E-state index >= 15 is 0 Å². The molecule has 1 saturated carbocycles. The smallest absolute Gasteiger partial charge is 0.117 e. The van der Waals surface area contributed by atoms with Gasteiger partial charge in [0.05, 0.1) is 6.54 Å². The average Bonchev–Trinajstić information content (AvgIpc) is 2.76. The van der Waals surface area contributed by atoms with Crippen molar-refractivity contribution in [3.8, 4) is 0 Å². The van der Waals surface area contributed by atoms with Gasteiger partial charge in [-0.05, 0) is 44.4 Å². The molecule has 0 aliphatic heterocycles. The number of hydrogen-bond acceptors (Lipinski definition) is 2. The van der Waals surface area contributed by atoms with Crippen LogP contribution in [-0.2, 0) is 6.54 Å². The molecule has 3 heteroatoms. The monoisotopic (exact) mass is 201 g/mol. The van der Waals surface area contributed by atoms with Crippen LogP contribution in [0.1, 0.15) is 24.4 Å². The van der Waals surface area contributed by atoms with Gasteiger partial charge in [0.15, 0.2) is 0 Å². The highest BCUT2D eigenvalue weighted by molar-refractivity contribution is 5.85. The van der Waals surface area contributed by atoms with E-state index in [-0.39, 0.29) is 12.4 Å². The fourth-order valence-corrected chi connectivity index (χ4v) is 1.30. The van der Waals surface area contributed by atoms with Crippen LogP contribution in [-0.4, -0.2) is 6.54 Å². The Morgan fingerprint density at radius 3 is 2.77 bits per heavy atom. The lowest BCUT2D eigenvalue weighted by atomic mass is 10.4. The first-order chi connectivity index (χ1) is 5.84. The molecule has 1 aromatic heterocycles. The topological polar surface area (TPSA) is 25.2 Å². The van der Waals surface area contributed by atoms with Crippen molar-refractivity contribution in [1.29, 1.82) is 0 Å². The maximum absolute atomic E-state index is 5.42. The Morgan fingerprint density at radius 2 is 2.23 bits per heavy atom. The fourth-order valence-electron chi connectivity index (χ4n) is 1.30. The number of halogens is 1. The quantitative estimate of drug-likeness (QED) is 0.810. The van der Waals surface area contributed by atoms with Gasteiger partial charge in [-0.3, -0.25) is 0 Å². The van der Waals surface area contributed by atoms with E-state index in [0.29, 0.717) is 0 Å². The van der Waals surface area contributed by atoms with Crippen molar-refractivity contribution in [3.05, 3.63) is 23.7 Å². The Kier molecular flexibility index (Phi) is 3.82. The van der Waals surface area contributed by atoms with Gasteiger partial charge in [0.2, 0.25) is 0 Å². The van der Waals surface area contributed by atoms with E-state index in [4.69, 9.17) is 4.42 Å². The summed E-state index contributed by atoms with van der Waals surface area (Å²) in [4.78, 5) is 0. The Morgan fingerprint density at radius 1 is 1.46 bits per heavy atom. The predicted molar refractivity (Wildman–Crippen MR) is 55.1 cm³/mol. The van der Waals surface area contributed by atoms with Crippen LogP contribution in [0.15, 0.2) is 16.5 Å². The molecular weight excluding hydrogens is 186 g/mol. The number of furan rings is 1. The molecule has 0 radical (unpaired) electrons. The summed E-state index contributed by atoms with van der Waals surface area (Å²) in [5.41, 5.74) is 0. The Hall–Kier alpha value is -0.470. The zero-order chi connectivity index (χ0) is 8.39. The molecule has 1 fully saturated rings. The lowest BCUT2D eigenvalue weighted by Gasteiger charge is -1.99. The molecule has 2 nitrogen and oxygen atoms in total. The first-order valence-corrected chi connectivity index (χ1v) is 4.60. The van der Waals surface area contributed by atoms with Gasteiger partial charge in [0.1, 0.15) is 11.5 Å². The van der Waals surface area contributed by atoms with Crippen molar-refractivity contribution < 1.29 is 4.42 Å². The summed E-state index contributed by atoms with van der Waals surface area (Å²) in [7, 11) is 0. The summed E-state index contributed by atoms with van der Waals surface area (Å²) < 4.78 is 5.42. The molecule has 2 rings (SSSR count). The molecule has 1 aliphatic rings. The Bertz CT molecular complexity index is 255. The zero-order valence-corrected chi connectivity index (χ0v) is 8.69. The highest BCUT2D eigenvalue weighted by Crippen LogP contribution is 2.27. The normalized spacial score (nSPS) is 15.5. The predicted octanol–water partition coefficient (Wildman–Crippen LogP) is 2.51. The minimum atomic E-state index is 0. The van der Waals surface area contributed by atoms with Gasteiger partial charge in [-0.2, -0.15) is 0 Å². The molecule has 74 valence electrons. The molecule has 0 aromatic carbocycles. The van der Waals surface area contributed by atoms with E-state index in [9.17, 15) is 0 Å². The highest BCUT2D eigenvalue weighted by atomic mass is 35.5. The molecule has 0 saturated heterocycles. The fraction of sp³-hybridized carbons (Fsp3) is 0.600. The molecule has 1 heterocycles. The molecular formula is C10H16ClNO. The molecule has 0 atom stereocenters. The second kappa shape index (κ2) is 4.68. The number of rotatable bonds is 4. The van der Waals surface area contributed by atoms with Crippen LogP contribution >= 0.6 is 12.4 Å². The maximum atomic E-state index is 5.42. The van der Waals surface area contributed by atoms with Crippen LogP contribution < -0.4 is 5.32 Å². The van der Waals surface area contributed by atoms with E-state index in [1.165, 1.54) is 12.8 Å². The maximum Gasteiger partial charge on any atom is 0.117 e. The summed E-state index contributed by atoms with van der Waals surface area (Å²) >= 11 is 0. The first kappa shape index (κ1) is 10.6. The van der Waals surface area contributed by atoms with Crippen molar-refractivity contribution in [2.45, 2.75) is 26.3 Å². The van der Waals surface area contributed by atoms with Crippen LogP contribution in [0.2, 0.25) is 0 Å². The molecule has 13 heavy (non-hydrogen) atoms. The third-order valence-corrected chi connectivity index (χ3v) is 2.23. The number of hydrogen-bond donors (Lipinski definition) is 1. The number of aryl methyl sites for hydroxylation is 1. The second-order valence-electron chi connectivity index (χ2n) is 3.59. The Balaban J connectivity index is 0.000000845. The summed E-state index contributed by atoms with van der Waals surface area (Å²) in [5.74, 6) is 2.99. The van der Waals surface area contributed by atoms with E-state index in [0.717, 1.165) is 30.5 Å². The summed E-state index contributed by atoms with van der Waals surface area (Å²) in [6.45, 7) is 4.01. The summed E-state index contributed by atoms with van der Waals surface area (Å²) in [6, 6.07) is 4.05. The van der Waals surface area contributed by atoms with Gasteiger partial charge >= 0.3 is 0 Å². The SMILES string of the molecule is Cc1ccc(CNCC2CC2)o1.Cl. The van der Waals surface area contributed by atoms with E-state index < -0.39 is 0 Å². The minimum absolute atomic E-state index is 0. The zero-order valence-electron chi connectivity index (χ0n) is 7.88. The van der Waals surface area contributed by atoms with Crippen molar-refractivity contribution in [1.82, 2.24) is 5.32 Å². The van der Waals surface area contributed by atoms with Gasteiger partial charge in [0.25, 0.3) is 0 Å². The second-order valence-corrected chi connectivity index (χ2v) is 3.59. The first-order valence-electron chi connectivity index (χ1n) is 4.60. The lowest BCUT2D eigenvalue weighted by molar-refractivity contribution is 0.459. The van der Waals surface area contributed by atoms with E-state index in [2.05, 4.69) is 5.32 Å². The van der Waals surface area contributed by atoms with Gasteiger partial charge < -0.3 is 9.73 Å². The molecule has 0 unspecified atom stereocenters. The van der Waals surface area contributed by atoms with Crippen molar-refractivity contribution in [2.24, 2.45) is 5.92 Å². The lowest BCUT2D eigenvalue weighted by Crippen LogP contribution is -2.15.